The van der Waals surface area contributed by atoms with E-state index in [9.17, 15) is 4.79 Å². The van der Waals surface area contributed by atoms with E-state index in [4.69, 9.17) is 5.73 Å². The molecule has 2 unspecified atom stereocenters. The third kappa shape index (κ3) is 3.42. The molecule has 1 saturated carbocycles. The Hall–Kier alpha value is -1.65. The summed E-state index contributed by atoms with van der Waals surface area (Å²) in [5.74, 6) is 1.45. The number of aromatic nitrogens is 2. The Balaban J connectivity index is 1.84. The van der Waals surface area contributed by atoms with Gasteiger partial charge in [-0.25, -0.2) is 4.98 Å². The fourth-order valence-electron chi connectivity index (χ4n) is 2.56. The highest BCUT2D eigenvalue weighted by molar-refractivity contribution is 5.92. The van der Waals surface area contributed by atoms with Crippen LogP contribution in [-0.2, 0) is 0 Å². The van der Waals surface area contributed by atoms with Crippen molar-refractivity contribution in [3.63, 3.8) is 0 Å². The van der Waals surface area contributed by atoms with Gasteiger partial charge in [0.25, 0.3) is 5.91 Å². The molecule has 18 heavy (non-hydrogen) atoms. The van der Waals surface area contributed by atoms with E-state index in [0.29, 0.717) is 11.6 Å². The van der Waals surface area contributed by atoms with Crippen LogP contribution in [0.1, 0.15) is 43.1 Å². The highest BCUT2D eigenvalue weighted by Gasteiger charge is 2.19. The molecule has 0 saturated heterocycles. The summed E-state index contributed by atoms with van der Waals surface area (Å²) in [6.07, 6.45) is 7.84. The van der Waals surface area contributed by atoms with Crippen LogP contribution in [0, 0.1) is 11.8 Å². The Morgan fingerprint density at radius 1 is 1.50 bits per heavy atom. The number of nitrogen functional groups attached to an aromatic ring is 1. The van der Waals surface area contributed by atoms with Gasteiger partial charge in [0, 0.05) is 6.54 Å². The maximum Gasteiger partial charge on any atom is 0.271 e. The molecule has 0 spiro atoms. The number of rotatable bonds is 3. The number of anilines is 1. The third-order valence-electron chi connectivity index (χ3n) is 3.48. The van der Waals surface area contributed by atoms with Crippen LogP contribution in [0.15, 0.2) is 12.4 Å². The van der Waals surface area contributed by atoms with E-state index in [2.05, 4.69) is 22.2 Å². The van der Waals surface area contributed by atoms with E-state index in [0.717, 1.165) is 12.5 Å². The molecule has 1 aromatic rings. The first-order chi connectivity index (χ1) is 8.65. The lowest BCUT2D eigenvalue weighted by atomic mass is 9.82. The summed E-state index contributed by atoms with van der Waals surface area (Å²) in [6, 6.07) is 0. The summed E-state index contributed by atoms with van der Waals surface area (Å²) in [6.45, 7) is 3.00. The molecule has 1 aliphatic rings. The van der Waals surface area contributed by atoms with Crippen molar-refractivity contribution in [1.82, 2.24) is 15.3 Å². The largest absolute Gasteiger partial charge is 0.382 e. The van der Waals surface area contributed by atoms with E-state index in [1.807, 2.05) is 0 Å². The Kier molecular flexibility index (Phi) is 4.12. The number of nitrogens with zero attached hydrogens (tertiary/aromatic N) is 2. The molecule has 2 rings (SSSR count). The van der Waals surface area contributed by atoms with Crippen molar-refractivity contribution < 1.29 is 4.79 Å². The highest BCUT2D eigenvalue weighted by atomic mass is 16.1. The lowest BCUT2D eigenvalue weighted by Crippen LogP contribution is -2.32. The molecule has 1 heterocycles. The number of nitrogens with one attached hydrogen (secondary N) is 1. The van der Waals surface area contributed by atoms with Gasteiger partial charge in [0.2, 0.25) is 0 Å². The van der Waals surface area contributed by atoms with Gasteiger partial charge < -0.3 is 11.1 Å². The number of carbonyl (C=O) groups excluding carboxylic acids is 1. The van der Waals surface area contributed by atoms with Gasteiger partial charge in [-0.15, -0.1) is 0 Å². The van der Waals surface area contributed by atoms with Gasteiger partial charge in [-0.1, -0.05) is 19.8 Å². The van der Waals surface area contributed by atoms with Crippen LogP contribution in [-0.4, -0.2) is 22.4 Å². The molecular weight excluding hydrogens is 228 g/mol. The van der Waals surface area contributed by atoms with Gasteiger partial charge in [0.1, 0.15) is 11.5 Å². The number of hydrogen-bond donors (Lipinski definition) is 2. The molecule has 1 fully saturated rings. The average molecular weight is 248 g/mol. The number of hydrogen-bond acceptors (Lipinski definition) is 4. The van der Waals surface area contributed by atoms with Gasteiger partial charge >= 0.3 is 0 Å². The minimum atomic E-state index is -0.187. The zero-order chi connectivity index (χ0) is 13.0. The molecule has 5 heteroatoms. The van der Waals surface area contributed by atoms with Crippen LogP contribution < -0.4 is 11.1 Å². The minimum Gasteiger partial charge on any atom is -0.382 e. The number of amides is 1. The average Bonchev–Trinajstić information content (AvgIpc) is 2.36. The SMILES string of the molecule is CC1CCCC(CNC(=O)c2cncc(N)n2)C1. The number of nitrogens with two attached hydrogens (primary N) is 1. The monoisotopic (exact) mass is 248 g/mol. The summed E-state index contributed by atoms with van der Waals surface area (Å²) in [4.78, 5) is 19.7. The molecule has 0 radical (unpaired) electrons. The zero-order valence-electron chi connectivity index (χ0n) is 10.7. The first kappa shape index (κ1) is 12.8. The predicted octanol–water partition coefficient (Wildman–Crippen LogP) is 1.61. The molecule has 2 atom stereocenters. The van der Waals surface area contributed by atoms with Gasteiger partial charge in [0.05, 0.1) is 12.4 Å². The van der Waals surface area contributed by atoms with Crippen LogP contribution >= 0.6 is 0 Å². The normalized spacial score (nSPS) is 23.6. The van der Waals surface area contributed by atoms with E-state index in [-0.39, 0.29) is 11.7 Å². The van der Waals surface area contributed by atoms with Crippen molar-refractivity contribution in [2.75, 3.05) is 12.3 Å². The summed E-state index contributed by atoms with van der Waals surface area (Å²) >= 11 is 0. The molecule has 1 aliphatic carbocycles. The van der Waals surface area contributed by atoms with Crippen LogP contribution in [0.2, 0.25) is 0 Å². The van der Waals surface area contributed by atoms with Crippen molar-refractivity contribution in [1.29, 1.82) is 0 Å². The fraction of sp³-hybridized carbons (Fsp3) is 0.615. The summed E-state index contributed by atoms with van der Waals surface area (Å²) in [5.41, 5.74) is 5.79. The summed E-state index contributed by atoms with van der Waals surface area (Å²) < 4.78 is 0. The first-order valence-electron chi connectivity index (χ1n) is 6.51. The third-order valence-corrected chi connectivity index (χ3v) is 3.48. The molecule has 98 valence electrons. The first-order valence-corrected chi connectivity index (χ1v) is 6.51. The second kappa shape index (κ2) is 5.80. The van der Waals surface area contributed by atoms with Gasteiger partial charge in [-0.2, -0.15) is 0 Å². The smallest absolute Gasteiger partial charge is 0.271 e. The quantitative estimate of drug-likeness (QED) is 0.851. The Bertz CT molecular complexity index is 421. The zero-order valence-corrected chi connectivity index (χ0v) is 10.7. The van der Waals surface area contributed by atoms with E-state index >= 15 is 0 Å². The highest BCUT2D eigenvalue weighted by Crippen LogP contribution is 2.27. The van der Waals surface area contributed by atoms with Crippen LogP contribution in [0.4, 0.5) is 5.82 Å². The topological polar surface area (TPSA) is 80.9 Å². The fourth-order valence-corrected chi connectivity index (χ4v) is 2.56. The minimum absolute atomic E-state index is 0.187. The molecular formula is C13H20N4O. The van der Waals surface area contributed by atoms with Crippen LogP contribution in [0.25, 0.3) is 0 Å². The van der Waals surface area contributed by atoms with E-state index < -0.39 is 0 Å². The van der Waals surface area contributed by atoms with Crippen molar-refractivity contribution in [2.24, 2.45) is 11.8 Å². The second-order valence-electron chi connectivity index (χ2n) is 5.18. The molecule has 0 aliphatic heterocycles. The molecule has 1 aromatic heterocycles. The molecule has 0 aromatic carbocycles. The lowest BCUT2D eigenvalue weighted by Gasteiger charge is -2.26. The Morgan fingerprint density at radius 2 is 2.33 bits per heavy atom. The van der Waals surface area contributed by atoms with Crippen molar-refractivity contribution in [3.05, 3.63) is 18.1 Å². The molecule has 3 N–H and O–H groups in total. The Morgan fingerprint density at radius 3 is 3.06 bits per heavy atom. The number of carbonyl (C=O) groups is 1. The summed E-state index contributed by atoms with van der Waals surface area (Å²) in [5, 5.41) is 2.92. The predicted molar refractivity (Wildman–Crippen MR) is 69.9 cm³/mol. The lowest BCUT2D eigenvalue weighted by molar-refractivity contribution is 0.0935. The van der Waals surface area contributed by atoms with Crippen molar-refractivity contribution in [3.8, 4) is 0 Å². The Labute approximate surface area is 107 Å². The van der Waals surface area contributed by atoms with Crippen LogP contribution in [0.3, 0.4) is 0 Å². The molecule has 0 bridgehead atoms. The maximum absolute atomic E-state index is 11.9. The second-order valence-corrected chi connectivity index (χ2v) is 5.18. The summed E-state index contributed by atoms with van der Waals surface area (Å²) in [7, 11) is 0. The standard InChI is InChI=1S/C13H20N4O/c1-9-3-2-4-10(5-9)6-16-13(18)11-7-15-8-12(14)17-11/h7-10H,2-6H2,1H3,(H2,14,17)(H,16,18). The molecule has 1 amide bonds. The van der Waals surface area contributed by atoms with E-state index in [1.54, 1.807) is 0 Å². The van der Waals surface area contributed by atoms with Crippen molar-refractivity contribution >= 4 is 11.7 Å². The van der Waals surface area contributed by atoms with Gasteiger partial charge in [0.15, 0.2) is 0 Å². The molecule has 5 nitrogen and oxygen atoms in total. The van der Waals surface area contributed by atoms with Gasteiger partial charge in [-0.3, -0.25) is 9.78 Å². The maximum atomic E-state index is 11.9. The van der Waals surface area contributed by atoms with E-state index in [1.165, 1.54) is 38.1 Å². The van der Waals surface area contributed by atoms with Crippen molar-refractivity contribution in [2.45, 2.75) is 32.6 Å². The van der Waals surface area contributed by atoms with Gasteiger partial charge in [-0.05, 0) is 24.7 Å². The van der Waals surface area contributed by atoms with Crippen LogP contribution in [0.5, 0.6) is 0 Å².